The first-order valence-electron chi connectivity index (χ1n) is 3.84. The zero-order valence-electron chi connectivity index (χ0n) is 6.46. The van der Waals surface area contributed by atoms with Crippen molar-refractivity contribution in [3.8, 4) is 5.75 Å². The minimum Gasteiger partial charge on any atom is -0.488 e. The van der Waals surface area contributed by atoms with Gasteiger partial charge in [-0.1, -0.05) is 0 Å². The molecule has 0 unspecified atom stereocenters. The Kier molecular flexibility index (Phi) is 1.92. The summed E-state index contributed by atoms with van der Waals surface area (Å²) in [5, 5.41) is 0. The van der Waals surface area contributed by atoms with E-state index >= 15 is 0 Å². The third kappa shape index (κ3) is 1.69. The Labute approximate surface area is 79.1 Å². The average Bonchev–Trinajstić information content (AvgIpc) is 2.79. The van der Waals surface area contributed by atoms with E-state index in [1.165, 1.54) is 0 Å². The van der Waals surface area contributed by atoms with Crippen LogP contribution in [0.15, 0.2) is 16.7 Å². The second-order valence-electron chi connectivity index (χ2n) is 2.84. The number of pyridine rings is 1. The second kappa shape index (κ2) is 2.94. The smallest absolute Gasteiger partial charge is 0.152 e. The van der Waals surface area contributed by atoms with Gasteiger partial charge in [-0.15, -0.1) is 0 Å². The van der Waals surface area contributed by atoms with Crippen LogP contribution in [0.3, 0.4) is 0 Å². The van der Waals surface area contributed by atoms with E-state index in [4.69, 9.17) is 10.5 Å². The van der Waals surface area contributed by atoms with Crippen LogP contribution >= 0.6 is 15.9 Å². The monoisotopic (exact) mass is 228 g/mol. The van der Waals surface area contributed by atoms with E-state index in [-0.39, 0.29) is 0 Å². The molecule has 1 aromatic heterocycles. The number of anilines is 1. The molecule has 2 rings (SSSR count). The fourth-order valence-electron chi connectivity index (χ4n) is 0.889. The van der Waals surface area contributed by atoms with Crippen LogP contribution in [0.1, 0.15) is 12.8 Å². The van der Waals surface area contributed by atoms with Gasteiger partial charge in [-0.05, 0) is 40.9 Å². The lowest BCUT2D eigenvalue weighted by Crippen LogP contribution is -1.99. The summed E-state index contributed by atoms with van der Waals surface area (Å²) in [6.07, 6.45) is 2.69. The Morgan fingerprint density at radius 2 is 2.25 bits per heavy atom. The zero-order valence-corrected chi connectivity index (χ0v) is 8.04. The standard InChI is InChI=1S/C8H9BrN2O/c9-8-6(12-5-1-2-5)3-4-7(10)11-8/h3-5H,1-2H2,(H2,10,11). The summed E-state index contributed by atoms with van der Waals surface area (Å²) < 4.78 is 6.24. The van der Waals surface area contributed by atoms with Crippen molar-refractivity contribution in [2.45, 2.75) is 18.9 Å². The average molecular weight is 229 g/mol. The van der Waals surface area contributed by atoms with Gasteiger partial charge in [-0.2, -0.15) is 0 Å². The largest absolute Gasteiger partial charge is 0.488 e. The summed E-state index contributed by atoms with van der Waals surface area (Å²) in [6.45, 7) is 0. The molecule has 1 saturated carbocycles. The molecule has 4 heteroatoms. The summed E-state index contributed by atoms with van der Waals surface area (Å²) in [5.74, 6) is 1.29. The summed E-state index contributed by atoms with van der Waals surface area (Å²) in [7, 11) is 0. The Hall–Kier alpha value is -0.770. The first-order valence-corrected chi connectivity index (χ1v) is 4.63. The molecule has 3 nitrogen and oxygen atoms in total. The molecule has 64 valence electrons. The highest BCUT2D eigenvalue weighted by Gasteiger charge is 2.24. The normalized spacial score (nSPS) is 16.1. The lowest BCUT2D eigenvalue weighted by Gasteiger charge is -2.05. The second-order valence-corrected chi connectivity index (χ2v) is 3.59. The summed E-state index contributed by atoms with van der Waals surface area (Å²) in [5.41, 5.74) is 5.48. The van der Waals surface area contributed by atoms with Gasteiger partial charge in [-0.3, -0.25) is 0 Å². The molecule has 1 heterocycles. The highest BCUT2D eigenvalue weighted by molar-refractivity contribution is 9.10. The first-order chi connectivity index (χ1) is 5.75. The van der Waals surface area contributed by atoms with Crippen LogP contribution in [-0.2, 0) is 0 Å². The molecule has 0 atom stereocenters. The summed E-state index contributed by atoms with van der Waals surface area (Å²) in [4.78, 5) is 4.02. The molecular weight excluding hydrogens is 220 g/mol. The molecule has 2 N–H and O–H groups in total. The van der Waals surface area contributed by atoms with Crippen molar-refractivity contribution in [1.82, 2.24) is 4.98 Å². The third-order valence-corrected chi connectivity index (χ3v) is 2.22. The molecule has 12 heavy (non-hydrogen) atoms. The number of nitrogens with zero attached hydrogens (tertiary/aromatic N) is 1. The van der Waals surface area contributed by atoms with Crippen molar-refractivity contribution in [2.24, 2.45) is 0 Å². The lowest BCUT2D eigenvalue weighted by atomic mass is 10.4. The van der Waals surface area contributed by atoms with Crippen molar-refractivity contribution in [3.05, 3.63) is 16.7 Å². The Balaban J connectivity index is 2.18. The minimum absolute atomic E-state index is 0.395. The number of nitrogen functional groups attached to an aromatic ring is 1. The van der Waals surface area contributed by atoms with Crippen LogP contribution < -0.4 is 10.5 Å². The van der Waals surface area contributed by atoms with E-state index in [1.807, 2.05) is 6.07 Å². The summed E-state index contributed by atoms with van der Waals surface area (Å²) >= 11 is 3.29. The highest BCUT2D eigenvalue weighted by Crippen LogP contribution is 2.31. The fourth-order valence-corrected chi connectivity index (χ4v) is 1.32. The highest BCUT2D eigenvalue weighted by atomic mass is 79.9. The van der Waals surface area contributed by atoms with Crippen molar-refractivity contribution < 1.29 is 4.74 Å². The quantitative estimate of drug-likeness (QED) is 0.788. The molecule has 0 amide bonds. The van der Waals surface area contributed by atoms with E-state index < -0.39 is 0 Å². The molecule has 0 aliphatic heterocycles. The minimum atomic E-state index is 0.395. The zero-order chi connectivity index (χ0) is 8.55. The SMILES string of the molecule is Nc1ccc(OC2CC2)c(Br)n1. The van der Waals surface area contributed by atoms with Gasteiger partial charge >= 0.3 is 0 Å². The molecule has 0 spiro atoms. The van der Waals surface area contributed by atoms with Crippen LogP contribution in [0.2, 0.25) is 0 Å². The van der Waals surface area contributed by atoms with E-state index in [0.717, 1.165) is 18.6 Å². The van der Waals surface area contributed by atoms with Crippen LogP contribution in [0.5, 0.6) is 5.75 Å². The van der Waals surface area contributed by atoms with Crippen LogP contribution in [-0.4, -0.2) is 11.1 Å². The van der Waals surface area contributed by atoms with E-state index in [9.17, 15) is 0 Å². The van der Waals surface area contributed by atoms with Gasteiger partial charge in [0.2, 0.25) is 0 Å². The third-order valence-electron chi connectivity index (χ3n) is 1.65. The molecular formula is C8H9BrN2O. The van der Waals surface area contributed by atoms with Crippen molar-refractivity contribution >= 4 is 21.7 Å². The summed E-state index contributed by atoms with van der Waals surface area (Å²) in [6, 6.07) is 3.58. The van der Waals surface area contributed by atoms with Crippen molar-refractivity contribution in [2.75, 3.05) is 5.73 Å². The van der Waals surface area contributed by atoms with Crippen LogP contribution in [0, 0.1) is 0 Å². The number of hydrogen-bond acceptors (Lipinski definition) is 3. The van der Waals surface area contributed by atoms with Crippen molar-refractivity contribution in [3.63, 3.8) is 0 Å². The molecule has 0 bridgehead atoms. The Bertz CT molecular complexity index is 299. The van der Waals surface area contributed by atoms with Gasteiger partial charge in [0.25, 0.3) is 0 Å². The number of halogens is 1. The predicted molar refractivity (Wildman–Crippen MR) is 50.0 cm³/mol. The molecule has 1 aliphatic carbocycles. The van der Waals surface area contributed by atoms with Crippen LogP contribution in [0.4, 0.5) is 5.82 Å². The van der Waals surface area contributed by atoms with E-state index in [2.05, 4.69) is 20.9 Å². The van der Waals surface area contributed by atoms with Gasteiger partial charge < -0.3 is 10.5 Å². The number of hydrogen-bond donors (Lipinski definition) is 1. The maximum absolute atomic E-state index is 5.55. The van der Waals surface area contributed by atoms with Gasteiger partial charge in [-0.25, -0.2) is 4.98 Å². The maximum Gasteiger partial charge on any atom is 0.152 e. The Morgan fingerprint density at radius 3 is 2.83 bits per heavy atom. The molecule has 1 aromatic rings. The van der Waals surface area contributed by atoms with E-state index in [1.54, 1.807) is 6.07 Å². The van der Waals surface area contributed by atoms with Crippen LogP contribution in [0.25, 0.3) is 0 Å². The molecule has 0 saturated heterocycles. The molecule has 0 aromatic carbocycles. The van der Waals surface area contributed by atoms with Gasteiger partial charge in [0.05, 0.1) is 6.10 Å². The number of rotatable bonds is 2. The van der Waals surface area contributed by atoms with Gasteiger partial charge in [0.1, 0.15) is 10.4 Å². The number of ether oxygens (including phenoxy) is 1. The predicted octanol–water partition coefficient (Wildman–Crippen LogP) is 1.97. The Morgan fingerprint density at radius 1 is 1.50 bits per heavy atom. The molecule has 1 fully saturated rings. The van der Waals surface area contributed by atoms with E-state index in [0.29, 0.717) is 16.5 Å². The van der Waals surface area contributed by atoms with Crippen molar-refractivity contribution in [1.29, 1.82) is 0 Å². The maximum atomic E-state index is 5.55. The molecule has 0 radical (unpaired) electrons. The van der Waals surface area contributed by atoms with Gasteiger partial charge in [0, 0.05) is 0 Å². The fraction of sp³-hybridized carbons (Fsp3) is 0.375. The first kappa shape index (κ1) is 7.86. The topological polar surface area (TPSA) is 48.1 Å². The molecule has 1 aliphatic rings. The number of aromatic nitrogens is 1. The number of nitrogens with two attached hydrogens (primary N) is 1. The van der Waals surface area contributed by atoms with Gasteiger partial charge in [0.15, 0.2) is 5.75 Å². The lowest BCUT2D eigenvalue weighted by molar-refractivity contribution is 0.300.